The van der Waals surface area contributed by atoms with Gasteiger partial charge in [0.2, 0.25) is 0 Å². The highest BCUT2D eigenvalue weighted by atomic mass is 32.1. The lowest BCUT2D eigenvalue weighted by Crippen LogP contribution is -2.47. The van der Waals surface area contributed by atoms with Crippen LogP contribution in [0.25, 0.3) is 0 Å². The van der Waals surface area contributed by atoms with E-state index in [2.05, 4.69) is 10.6 Å². The Balaban J connectivity index is 2.69. The molecule has 0 unspecified atom stereocenters. The lowest BCUT2D eigenvalue weighted by molar-refractivity contribution is 0.256. The van der Waals surface area contributed by atoms with Crippen molar-refractivity contribution in [2.45, 2.75) is 32.4 Å². The van der Waals surface area contributed by atoms with Crippen LogP contribution in [0, 0.1) is 0 Å². The fourth-order valence-corrected chi connectivity index (χ4v) is 2.05. The van der Waals surface area contributed by atoms with Gasteiger partial charge in [-0.25, -0.2) is 0 Å². The van der Waals surface area contributed by atoms with Gasteiger partial charge < -0.3 is 20.5 Å². The van der Waals surface area contributed by atoms with Crippen LogP contribution in [0.2, 0.25) is 0 Å². The van der Waals surface area contributed by atoms with E-state index in [1.807, 2.05) is 45.0 Å². The molecule has 0 fully saturated rings. The van der Waals surface area contributed by atoms with Gasteiger partial charge in [-0.2, -0.15) is 0 Å². The largest absolute Gasteiger partial charge is 0.497 e. The average Bonchev–Trinajstić information content (AvgIpc) is 2.34. The Morgan fingerprint density at radius 1 is 1.32 bits per heavy atom. The van der Waals surface area contributed by atoms with E-state index in [9.17, 15) is 5.11 Å². The second kappa shape index (κ2) is 6.73. The van der Waals surface area contributed by atoms with Crippen molar-refractivity contribution < 1.29 is 9.84 Å². The minimum Gasteiger partial charge on any atom is -0.497 e. The maximum absolute atomic E-state index is 9.47. The zero-order chi connectivity index (χ0) is 14.5. The first-order valence-corrected chi connectivity index (χ1v) is 6.60. The predicted octanol–water partition coefficient (Wildman–Crippen LogP) is 1.99. The lowest BCUT2D eigenvalue weighted by atomic mass is 10.1. The molecule has 0 aromatic heterocycles. The Kier molecular flexibility index (Phi) is 5.57. The van der Waals surface area contributed by atoms with Gasteiger partial charge in [0, 0.05) is 5.54 Å². The van der Waals surface area contributed by atoms with Gasteiger partial charge in [-0.1, -0.05) is 12.1 Å². The molecular formula is C14H22N2O2S. The SMILES string of the molecule is COc1ccc([C@H](CO)NC(=S)NC(C)(C)C)cc1. The summed E-state index contributed by atoms with van der Waals surface area (Å²) in [5, 5.41) is 16.3. The molecule has 3 N–H and O–H groups in total. The molecule has 0 spiro atoms. The number of hydrogen-bond acceptors (Lipinski definition) is 3. The van der Waals surface area contributed by atoms with Crippen LogP contribution >= 0.6 is 12.2 Å². The van der Waals surface area contributed by atoms with E-state index in [0.29, 0.717) is 5.11 Å². The van der Waals surface area contributed by atoms with E-state index in [1.54, 1.807) is 7.11 Å². The molecule has 1 atom stereocenters. The molecule has 0 bridgehead atoms. The number of aliphatic hydroxyl groups excluding tert-OH is 1. The number of ether oxygens (including phenoxy) is 1. The third-order valence-electron chi connectivity index (χ3n) is 2.49. The van der Waals surface area contributed by atoms with Gasteiger partial charge in [-0.15, -0.1) is 0 Å². The van der Waals surface area contributed by atoms with Gasteiger partial charge in [0.1, 0.15) is 5.75 Å². The third-order valence-corrected chi connectivity index (χ3v) is 2.71. The smallest absolute Gasteiger partial charge is 0.167 e. The number of aliphatic hydroxyl groups is 1. The molecule has 0 amide bonds. The number of rotatable bonds is 4. The first-order chi connectivity index (χ1) is 8.85. The van der Waals surface area contributed by atoms with Crippen LogP contribution < -0.4 is 15.4 Å². The van der Waals surface area contributed by atoms with Crippen LogP contribution in [0.5, 0.6) is 5.75 Å². The molecule has 19 heavy (non-hydrogen) atoms. The van der Waals surface area contributed by atoms with E-state index < -0.39 is 0 Å². The molecule has 1 rings (SSSR count). The van der Waals surface area contributed by atoms with Crippen molar-refractivity contribution in [1.82, 2.24) is 10.6 Å². The summed E-state index contributed by atoms with van der Waals surface area (Å²) in [7, 11) is 1.62. The van der Waals surface area contributed by atoms with Gasteiger partial charge >= 0.3 is 0 Å². The number of methoxy groups -OCH3 is 1. The monoisotopic (exact) mass is 282 g/mol. The van der Waals surface area contributed by atoms with Crippen molar-refractivity contribution in [3.63, 3.8) is 0 Å². The van der Waals surface area contributed by atoms with E-state index in [-0.39, 0.29) is 18.2 Å². The van der Waals surface area contributed by atoms with E-state index >= 15 is 0 Å². The minimum atomic E-state index is -0.228. The zero-order valence-corrected chi connectivity index (χ0v) is 12.7. The molecule has 0 aliphatic carbocycles. The lowest BCUT2D eigenvalue weighted by Gasteiger charge is -2.26. The first-order valence-electron chi connectivity index (χ1n) is 6.19. The third kappa shape index (κ3) is 5.44. The molecule has 1 aromatic rings. The molecule has 1 aromatic carbocycles. The average molecular weight is 282 g/mol. The van der Waals surface area contributed by atoms with Crippen LogP contribution in [0.3, 0.4) is 0 Å². The summed E-state index contributed by atoms with van der Waals surface area (Å²) in [5.74, 6) is 0.788. The fraction of sp³-hybridized carbons (Fsp3) is 0.500. The molecular weight excluding hydrogens is 260 g/mol. The summed E-state index contributed by atoms with van der Waals surface area (Å²) in [6.07, 6.45) is 0. The first kappa shape index (κ1) is 15.7. The number of hydrogen-bond donors (Lipinski definition) is 3. The molecule has 0 aliphatic heterocycles. The number of thiocarbonyl (C=S) groups is 1. The molecule has 0 heterocycles. The molecule has 0 saturated heterocycles. The van der Waals surface area contributed by atoms with Crippen molar-refractivity contribution in [3.8, 4) is 5.75 Å². The van der Waals surface area contributed by atoms with Crippen molar-refractivity contribution in [3.05, 3.63) is 29.8 Å². The second-order valence-corrected chi connectivity index (χ2v) is 5.77. The Morgan fingerprint density at radius 2 is 1.89 bits per heavy atom. The molecule has 106 valence electrons. The number of benzene rings is 1. The van der Waals surface area contributed by atoms with Crippen molar-refractivity contribution in [1.29, 1.82) is 0 Å². The van der Waals surface area contributed by atoms with Gasteiger partial charge in [-0.3, -0.25) is 0 Å². The highest BCUT2D eigenvalue weighted by Crippen LogP contribution is 2.17. The summed E-state index contributed by atoms with van der Waals surface area (Å²) in [6, 6.07) is 7.31. The quantitative estimate of drug-likeness (QED) is 0.737. The van der Waals surface area contributed by atoms with E-state index in [0.717, 1.165) is 11.3 Å². The molecule has 0 radical (unpaired) electrons. The Hall–Kier alpha value is -1.33. The Bertz CT molecular complexity index is 412. The summed E-state index contributed by atoms with van der Waals surface area (Å²) in [6.45, 7) is 6.06. The van der Waals surface area contributed by atoms with E-state index in [1.165, 1.54) is 0 Å². The van der Waals surface area contributed by atoms with Gasteiger partial charge in [0.05, 0.1) is 19.8 Å². The van der Waals surface area contributed by atoms with Gasteiger partial charge in [-0.05, 0) is 50.7 Å². The topological polar surface area (TPSA) is 53.5 Å². The predicted molar refractivity (Wildman–Crippen MR) is 81.4 cm³/mol. The molecule has 0 aliphatic rings. The highest BCUT2D eigenvalue weighted by Gasteiger charge is 2.15. The van der Waals surface area contributed by atoms with Crippen LogP contribution in [0.15, 0.2) is 24.3 Å². The highest BCUT2D eigenvalue weighted by molar-refractivity contribution is 7.80. The van der Waals surface area contributed by atoms with Crippen LogP contribution in [0.4, 0.5) is 0 Å². The van der Waals surface area contributed by atoms with Crippen molar-refractivity contribution in [2.24, 2.45) is 0 Å². The summed E-state index contributed by atoms with van der Waals surface area (Å²) >= 11 is 5.24. The molecule has 4 nitrogen and oxygen atoms in total. The Labute approximate surface area is 120 Å². The maximum atomic E-state index is 9.47. The Morgan fingerprint density at radius 3 is 2.32 bits per heavy atom. The van der Waals surface area contributed by atoms with Crippen LogP contribution in [0.1, 0.15) is 32.4 Å². The summed E-state index contributed by atoms with van der Waals surface area (Å²) < 4.78 is 5.11. The normalized spacial score (nSPS) is 12.7. The summed E-state index contributed by atoms with van der Waals surface area (Å²) in [4.78, 5) is 0. The zero-order valence-electron chi connectivity index (χ0n) is 11.9. The minimum absolute atomic E-state index is 0.0295. The van der Waals surface area contributed by atoms with Crippen molar-refractivity contribution in [2.75, 3.05) is 13.7 Å². The van der Waals surface area contributed by atoms with Crippen LogP contribution in [-0.4, -0.2) is 29.5 Å². The van der Waals surface area contributed by atoms with Gasteiger partial charge in [0.25, 0.3) is 0 Å². The summed E-state index contributed by atoms with van der Waals surface area (Å²) in [5.41, 5.74) is 0.852. The van der Waals surface area contributed by atoms with E-state index in [4.69, 9.17) is 17.0 Å². The van der Waals surface area contributed by atoms with Crippen LogP contribution in [-0.2, 0) is 0 Å². The number of nitrogens with one attached hydrogen (secondary N) is 2. The molecule has 5 heteroatoms. The maximum Gasteiger partial charge on any atom is 0.167 e. The molecule has 0 saturated carbocycles. The van der Waals surface area contributed by atoms with Crippen molar-refractivity contribution >= 4 is 17.3 Å². The standard InChI is InChI=1S/C14H22N2O2S/c1-14(2,3)16-13(19)15-12(9-17)10-5-7-11(18-4)8-6-10/h5-8,12,17H,9H2,1-4H3,(H2,15,16,19)/t12-/m0/s1. The van der Waals surface area contributed by atoms with Gasteiger partial charge in [0.15, 0.2) is 5.11 Å². The second-order valence-electron chi connectivity index (χ2n) is 5.36. The fourth-order valence-electron chi connectivity index (χ4n) is 1.61.